The van der Waals surface area contributed by atoms with Crippen LogP contribution >= 0.6 is 0 Å². The third-order valence-corrected chi connectivity index (χ3v) is 4.69. The molecule has 0 aliphatic carbocycles. The van der Waals surface area contributed by atoms with Crippen LogP contribution in [-0.2, 0) is 16.5 Å². The highest BCUT2D eigenvalue weighted by molar-refractivity contribution is 7.85. The highest BCUT2D eigenvalue weighted by Gasteiger charge is 2.10. The summed E-state index contributed by atoms with van der Waals surface area (Å²) < 4.78 is 30.0. The van der Waals surface area contributed by atoms with Gasteiger partial charge in [0.1, 0.15) is 22.5 Å². The molecule has 0 unspecified atom stereocenters. The summed E-state index contributed by atoms with van der Waals surface area (Å²) in [6, 6.07) is 12.7. The average molecular weight is 376 g/mol. The lowest BCUT2D eigenvalue weighted by Crippen LogP contribution is -2.21. The van der Waals surface area contributed by atoms with Crippen molar-refractivity contribution in [2.75, 3.05) is 18.8 Å². The van der Waals surface area contributed by atoms with E-state index in [1.165, 1.54) is 4.80 Å². The monoisotopic (exact) mass is 376 g/mol. The van der Waals surface area contributed by atoms with Crippen molar-refractivity contribution < 1.29 is 18.1 Å². The van der Waals surface area contributed by atoms with Gasteiger partial charge in [-0.25, -0.2) is 0 Å². The number of aromatic nitrogens is 3. The second kappa shape index (κ2) is 7.81. The Morgan fingerprint density at radius 2 is 1.73 bits per heavy atom. The highest BCUT2D eigenvalue weighted by Crippen LogP contribution is 2.23. The first-order valence-corrected chi connectivity index (χ1v) is 9.83. The SMILES string of the molecule is O=S(=O)(O)CCCNCCc1ccc(O)c(-n2nc3ccccc3n2)c1. The van der Waals surface area contributed by atoms with Gasteiger partial charge in [-0.15, -0.1) is 15.0 Å². The molecular formula is C17H20N4O4S. The van der Waals surface area contributed by atoms with Gasteiger partial charge in [-0.05, 0) is 55.8 Å². The molecule has 3 rings (SSSR count). The van der Waals surface area contributed by atoms with E-state index in [2.05, 4.69) is 15.5 Å². The van der Waals surface area contributed by atoms with Crippen LogP contribution in [0, 0.1) is 0 Å². The largest absolute Gasteiger partial charge is 0.506 e. The summed E-state index contributed by atoms with van der Waals surface area (Å²) in [4.78, 5) is 1.42. The molecule has 0 bridgehead atoms. The molecule has 8 nitrogen and oxygen atoms in total. The molecule has 1 aromatic heterocycles. The normalized spacial score (nSPS) is 11.9. The fourth-order valence-corrected chi connectivity index (χ4v) is 3.10. The Morgan fingerprint density at radius 3 is 2.38 bits per heavy atom. The van der Waals surface area contributed by atoms with Crippen molar-refractivity contribution in [2.24, 2.45) is 0 Å². The molecule has 0 amide bonds. The van der Waals surface area contributed by atoms with Crippen LogP contribution in [0.3, 0.4) is 0 Å². The number of nitrogens with zero attached hydrogens (tertiary/aromatic N) is 3. The summed E-state index contributed by atoms with van der Waals surface area (Å²) in [6.45, 7) is 1.14. The molecule has 26 heavy (non-hydrogen) atoms. The van der Waals surface area contributed by atoms with Crippen LogP contribution in [0.25, 0.3) is 16.7 Å². The maximum atomic E-state index is 10.6. The van der Waals surface area contributed by atoms with Gasteiger partial charge in [-0.2, -0.15) is 8.42 Å². The fraction of sp³-hybridized carbons (Fsp3) is 0.294. The average Bonchev–Trinajstić information content (AvgIpc) is 3.02. The molecule has 3 N–H and O–H groups in total. The Kier molecular flexibility index (Phi) is 5.50. The number of phenolic OH excluding ortho intramolecular Hbond substituents is 1. The first kappa shape index (κ1) is 18.3. The van der Waals surface area contributed by atoms with Gasteiger partial charge in [-0.3, -0.25) is 4.55 Å². The van der Waals surface area contributed by atoms with Crippen LogP contribution in [0.15, 0.2) is 42.5 Å². The molecule has 2 aromatic carbocycles. The zero-order valence-electron chi connectivity index (χ0n) is 14.0. The zero-order valence-corrected chi connectivity index (χ0v) is 14.9. The number of rotatable bonds is 8. The Hall–Kier alpha value is -2.49. The predicted molar refractivity (Wildman–Crippen MR) is 98.1 cm³/mol. The summed E-state index contributed by atoms with van der Waals surface area (Å²) >= 11 is 0. The third kappa shape index (κ3) is 4.78. The number of benzene rings is 2. The second-order valence-electron chi connectivity index (χ2n) is 5.94. The van der Waals surface area contributed by atoms with Crippen molar-refractivity contribution >= 4 is 21.2 Å². The number of phenols is 1. The van der Waals surface area contributed by atoms with Gasteiger partial charge in [0.15, 0.2) is 0 Å². The minimum absolute atomic E-state index is 0.0927. The topological polar surface area (TPSA) is 117 Å². The van der Waals surface area contributed by atoms with Gasteiger partial charge in [0, 0.05) is 0 Å². The summed E-state index contributed by atoms with van der Waals surface area (Å²) in [5.41, 5.74) is 2.99. The lowest BCUT2D eigenvalue weighted by molar-refractivity contribution is 0.467. The zero-order chi connectivity index (χ0) is 18.6. The van der Waals surface area contributed by atoms with E-state index in [1.807, 2.05) is 36.4 Å². The Morgan fingerprint density at radius 1 is 1.04 bits per heavy atom. The summed E-state index contributed by atoms with van der Waals surface area (Å²) in [7, 11) is -3.90. The van der Waals surface area contributed by atoms with Gasteiger partial charge in [0.25, 0.3) is 10.1 Å². The maximum Gasteiger partial charge on any atom is 0.264 e. The smallest absolute Gasteiger partial charge is 0.264 e. The molecular weight excluding hydrogens is 356 g/mol. The van der Waals surface area contributed by atoms with Crippen LogP contribution < -0.4 is 5.32 Å². The van der Waals surface area contributed by atoms with E-state index in [0.29, 0.717) is 31.6 Å². The molecule has 9 heteroatoms. The van der Waals surface area contributed by atoms with Gasteiger partial charge in [-0.1, -0.05) is 18.2 Å². The molecule has 0 saturated carbocycles. The van der Waals surface area contributed by atoms with E-state index in [0.717, 1.165) is 16.6 Å². The van der Waals surface area contributed by atoms with Crippen LogP contribution in [0.2, 0.25) is 0 Å². The van der Waals surface area contributed by atoms with Crippen molar-refractivity contribution in [1.82, 2.24) is 20.3 Å². The molecule has 0 radical (unpaired) electrons. The molecule has 0 saturated heterocycles. The summed E-state index contributed by atoms with van der Waals surface area (Å²) in [6.07, 6.45) is 1.05. The van der Waals surface area contributed by atoms with Gasteiger partial charge >= 0.3 is 0 Å². The fourth-order valence-electron chi connectivity index (χ4n) is 2.59. The number of aromatic hydroxyl groups is 1. The van der Waals surface area contributed by atoms with Crippen molar-refractivity contribution in [1.29, 1.82) is 0 Å². The predicted octanol–water partition coefficient (Wildman–Crippen LogP) is 1.54. The minimum Gasteiger partial charge on any atom is -0.506 e. The molecule has 0 fully saturated rings. The lowest BCUT2D eigenvalue weighted by Gasteiger charge is -2.08. The quantitative estimate of drug-likeness (QED) is 0.403. The van der Waals surface area contributed by atoms with Crippen LogP contribution in [0.4, 0.5) is 0 Å². The number of hydrogen-bond donors (Lipinski definition) is 3. The second-order valence-corrected chi connectivity index (χ2v) is 7.51. The van der Waals surface area contributed by atoms with Crippen LogP contribution in [-0.4, -0.2) is 51.9 Å². The molecule has 3 aromatic rings. The Bertz CT molecular complexity index is 968. The summed E-state index contributed by atoms with van der Waals surface area (Å²) in [5.74, 6) is -0.155. The standard InChI is InChI=1S/C17H20N4O4S/c22-17-7-6-13(8-10-18-9-3-11-26(23,24)25)12-16(17)21-19-14-4-1-2-5-15(14)20-21/h1-2,4-7,12,18,22H,3,8-11H2,(H,23,24,25). The molecule has 0 aliphatic heterocycles. The van der Waals surface area contributed by atoms with Gasteiger partial charge in [0.05, 0.1) is 5.75 Å². The maximum absolute atomic E-state index is 10.6. The minimum atomic E-state index is -3.90. The molecule has 0 atom stereocenters. The number of hydrogen-bond acceptors (Lipinski definition) is 6. The van der Waals surface area contributed by atoms with E-state index in [9.17, 15) is 13.5 Å². The third-order valence-electron chi connectivity index (χ3n) is 3.89. The van der Waals surface area contributed by atoms with Crippen molar-refractivity contribution in [3.8, 4) is 11.4 Å². The lowest BCUT2D eigenvalue weighted by atomic mass is 10.1. The highest BCUT2D eigenvalue weighted by atomic mass is 32.2. The van der Waals surface area contributed by atoms with Crippen LogP contribution in [0.5, 0.6) is 5.75 Å². The van der Waals surface area contributed by atoms with E-state index >= 15 is 0 Å². The number of fused-ring (bicyclic) bond motifs is 1. The summed E-state index contributed by atoms with van der Waals surface area (Å²) in [5, 5.41) is 22.0. The number of nitrogens with one attached hydrogen (secondary N) is 1. The molecule has 0 spiro atoms. The van der Waals surface area contributed by atoms with E-state index in [1.54, 1.807) is 6.07 Å². The first-order valence-electron chi connectivity index (χ1n) is 8.23. The van der Waals surface area contributed by atoms with E-state index < -0.39 is 10.1 Å². The van der Waals surface area contributed by atoms with Crippen molar-refractivity contribution in [3.05, 3.63) is 48.0 Å². The molecule has 1 heterocycles. The Labute approximate surface area is 151 Å². The first-order chi connectivity index (χ1) is 12.4. The molecule has 138 valence electrons. The van der Waals surface area contributed by atoms with Crippen molar-refractivity contribution in [2.45, 2.75) is 12.8 Å². The van der Waals surface area contributed by atoms with E-state index in [-0.39, 0.29) is 11.5 Å². The molecule has 0 aliphatic rings. The van der Waals surface area contributed by atoms with Crippen LogP contribution in [0.1, 0.15) is 12.0 Å². The van der Waals surface area contributed by atoms with Crippen molar-refractivity contribution in [3.63, 3.8) is 0 Å². The van der Waals surface area contributed by atoms with E-state index in [4.69, 9.17) is 4.55 Å². The Balaban J connectivity index is 1.62. The van der Waals surface area contributed by atoms with Gasteiger partial charge in [0.2, 0.25) is 0 Å². The van der Waals surface area contributed by atoms with Gasteiger partial charge < -0.3 is 10.4 Å².